The first-order valence-corrected chi connectivity index (χ1v) is 9.64. The Morgan fingerprint density at radius 2 is 2.15 bits per heavy atom. The average molecular weight is 407 g/mol. The Bertz CT molecular complexity index is 956. The maximum atomic E-state index is 12.8. The molecule has 140 valence electrons. The Balaban J connectivity index is 1.49. The number of carbonyl (C=O) groups excluding carboxylic acids is 2. The highest BCUT2D eigenvalue weighted by atomic mass is 35.5. The predicted molar refractivity (Wildman–Crippen MR) is 100 cm³/mol. The van der Waals surface area contributed by atoms with Crippen LogP contribution in [0.3, 0.4) is 0 Å². The highest BCUT2D eigenvalue weighted by Gasteiger charge is 2.31. The second kappa shape index (κ2) is 6.90. The van der Waals surface area contributed by atoms with Crippen molar-refractivity contribution in [3.8, 4) is 0 Å². The number of anilines is 1. The fraction of sp³-hybridized carbons (Fsp3) is 0.353. The summed E-state index contributed by atoms with van der Waals surface area (Å²) in [6.07, 6.45) is 2.42. The topological polar surface area (TPSA) is 105 Å². The lowest BCUT2D eigenvalue weighted by atomic mass is 10.1. The van der Waals surface area contributed by atoms with Crippen molar-refractivity contribution in [1.82, 2.24) is 9.88 Å². The van der Waals surface area contributed by atoms with Crippen LogP contribution < -0.4 is 5.32 Å². The molecule has 0 spiro atoms. The molecule has 0 saturated heterocycles. The van der Waals surface area contributed by atoms with Crippen molar-refractivity contribution in [1.29, 1.82) is 0 Å². The van der Waals surface area contributed by atoms with E-state index in [0.717, 1.165) is 23.4 Å². The molecule has 1 N–H and O–H groups in total. The molecule has 1 saturated carbocycles. The van der Waals surface area contributed by atoms with E-state index in [-0.39, 0.29) is 34.0 Å². The fourth-order valence-corrected chi connectivity index (χ4v) is 4.16. The van der Waals surface area contributed by atoms with E-state index in [9.17, 15) is 19.7 Å². The molecule has 2 aliphatic rings. The van der Waals surface area contributed by atoms with E-state index >= 15 is 0 Å². The molecule has 2 amide bonds. The molecule has 4 rings (SSSR count). The normalized spacial score (nSPS) is 16.0. The van der Waals surface area contributed by atoms with Crippen molar-refractivity contribution in [2.24, 2.45) is 5.92 Å². The van der Waals surface area contributed by atoms with Crippen molar-refractivity contribution in [3.63, 3.8) is 0 Å². The van der Waals surface area contributed by atoms with Gasteiger partial charge in [0.2, 0.25) is 5.91 Å². The Morgan fingerprint density at radius 3 is 2.85 bits per heavy atom. The molecule has 0 atom stereocenters. The van der Waals surface area contributed by atoms with Crippen LogP contribution in [0.1, 0.15) is 33.8 Å². The number of nitro benzene ring substituents is 1. The van der Waals surface area contributed by atoms with Gasteiger partial charge >= 0.3 is 0 Å². The Morgan fingerprint density at radius 1 is 1.37 bits per heavy atom. The lowest BCUT2D eigenvalue weighted by Gasteiger charge is -2.26. The smallest absolute Gasteiger partial charge is 0.288 e. The summed E-state index contributed by atoms with van der Waals surface area (Å²) in [7, 11) is 0. The molecule has 2 heterocycles. The third kappa shape index (κ3) is 3.65. The molecular formula is C17H15ClN4O4S. The number of rotatable bonds is 4. The number of hydrogen-bond donors (Lipinski definition) is 1. The van der Waals surface area contributed by atoms with E-state index in [0.29, 0.717) is 24.6 Å². The van der Waals surface area contributed by atoms with Crippen molar-refractivity contribution >= 4 is 45.6 Å². The van der Waals surface area contributed by atoms with Crippen molar-refractivity contribution in [3.05, 3.63) is 49.5 Å². The van der Waals surface area contributed by atoms with Crippen molar-refractivity contribution in [2.45, 2.75) is 25.8 Å². The van der Waals surface area contributed by atoms with Gasteiger partial charge in [-0.15, -0.1) is 0 Å². The van der Waals surface area contributed by atoms with Crippen LogP contribution >= 0.6 is 22.9 Å². The Hall–Kier alpha value is -2.52. The van der Waals surface area contributed by atoms with E-state index in [4.69, 9.17) is 11.6 Å². The van der Waals surface area contributed by atoms with Crippen LogP contribution in [-0.4, -0.2) is 33.2 Å². The van der Waals surface area contributed by atoms with Gasteiger partial charge in [-0.25, -0.2) is 4.98 Å². The number of nitrogens with one attached hydrogen (secondary N) is 1. The van der Waals surface area contributed by atoms with Gasteiger partial charge in [0.15, 0.2) is 5.13 Å². The summed E-state index contributed by atoms with van der Waals surface area (Å²) < 4.78 is 0. The van der Waals surface area contributed by atoms with Gasteiger partial charge in [-0.05, 0) is 25.0 Å². The average Bonchev–Trinajstić information content (AvgIpc) is 3.41. The largest absolute Gasteiger partial charge is 0.333 e. The summed E-state index contributed by atoms with van der Waals surface area (Å²) in [5.41, 5.74) is 0.821. The standard InChI is InChI=1S/C17H15ClN4O4S/c18-11-4-3-10(7-13(11)22(25)26)16(24)21-6-5-12-14(8-21)27-17(19-12)20-15(23)9-1-2-9/h3-4,7,9H,1-2,5-6,8H2,(H,19,20,23). The summed E-state index contributed by atoms with van der Waals surface area (Å²) in [6.45, 7) is 0.823. The summed E-state index contributed by atoms with van der Waals surface area (Å²) in [4.78, 5) is 42.1. The van der Waals surface area contributed by atoms with E-state index in [1.165, 1.54) is 29.5 Å². The molecule has 1 aromatic heterocycles. The first-order valence-electron chi connectivity index (χ1n) is 8.45. The highest BCUT2D eigenvalue weighted by molar-refractivity contribution is 7.15. The number of nitro groups is 1. The second-order valence-electron chi connectivity index (χ2n) is 6.55. The van der Waals surface area contributed by atoms with Crippen LogP contribution in [0, 0.1) is 16.0 Å². The Labute approximate surface area is 163 Å². The van der Waals surface area contributed by atoms with Gasteiger partial charge in [0.25, 0.3) is 11.6 Å². The number of hydrogen-bond acceptors (Lipinski definition) is 6. The van der Waals surface area contributed by atoms with Crippen molar-refractivity contribution in [2.75, 3.05) is 11.9 Å². The molecule has 1 fully saturated rings. The summed E-state index contributed by atoms with van der Waals surface area (Å²) in [5.74, 6) is -0.190. The first kappa shape index (κ1) is 17.9. The lowest BCUT2D eigenvalue weighted by molar-refractivity contribution is -0.384. The maximum absolute atomic E-state index is 12.8. The summed E-state index contributed by atoms with van der Waals surface area (Å²) in [5, 5.41) is 14.4. The maximum Gasteiger partial charge on any atom is 0.288 e. The van der Waals surface area contributed by atoms with Crippen LogP contribution in [0.5, 0.6) is 0 Å². The van der Waals surface area contributed by atoms with Crippen LogP contribution in [-0.2, 0) is 17.8 Å². The van der Waals surface area contributed by atoms with Gasteiger partial charge in [0.1, 0.15) is 5.02 Å². The van der Waals surface area contributed by atoms with Gasteiger partial charge in [-0.2, -0.15) is 0 Å². The summed E-state index contributed by atoms with van der Waals surface area (Å²) >= 11 is 7.18. The zero-order chi connectivity index (χ0) is 19.1. The number of nitrogens with zero attached hydrogens (tertiary/aromatic N) is 3. The quantitative estimate of drug-likeness (QED) is 0.619. The zero-order valence-corrected chi connectivity index (χ0v) is 15.7. The molecular weight excluding hydrogens is 392 g/mol. The molecule has 1 aliphatic carbocycles. The molecule has 1 aromatic carbocycles. The van der Waals surface area contributed by atoms with E-state index < -0.39 is 4.92 Å². The minimum atomic E-state index is -0.606. The van der Waals surface area contributed by atoms with E-state index in [1.54, 1.807) is 4.90 Å². The van der Waals surface area contributed by atoms with Gasteiger partial charge < -0.3 is 10.2 Å². The summed E-state index contributed by atoms with van der Waals surface area (Å²) in [6, 6.07) is 4.05. The number of aromatic nitrogens is 1. The first-order chi connectivity index (χ1) is 12.9. The van der Waals surface area contributed by atoms with Crippen LogP contribution in [0.15, 0.2) is 18.2 Å². The molecule has 0 unspecified atom stereocenters. The molecule has 27 heavy (non-hydrogen) atoms. The number of fused-ring (bicyclic) bond motifs is 1. The fourth-order valence-electron chi connectivity index (χ4n) is 2.94. The monoisotopic (exact) mass is 406 g/mol. The molecule has 0 bridgehead atoms. The van der Waals surface area contributed by atoms with Gasteiger partial charge in [-0.3, -0.25) is 19.7 Å². The molecule has 8 nitrogen and oxygen atoms in total. The van der Waals surface area contributed by atoms with Crippen LogP contribution in [0.2, 0.25) is 5.02 Å². The third-order valence-electron chi connectivity index (χ3n) is 4.59. The van der Waals surface area contributed by atoms with E-state index in [1.807, 2.05) is 0 Å². The van der Waals surface area contributed by atoms with Crippen molar-refractivity contribution < 1.29 is 14.5 Å². The van der Waals surface area contributed by atoms with Crippen LogP contribution in [0.4, 0.5) is 10.8 Å². The minimum Gasteiger partial charge on any atom is -0.333 e. The van der Waals surface area contributed by atoms with Gasteiger partial charge in [0.05, 0.1) is 17.2 Å². The Kier molecular flexibility index (Phi) is 4.56. The number of carbonyl (C=O) groups is 2. The number of halogens is 1. The van der Waals surface area contributed by atoms with Gasteiger partial charge in [0, 0.05) is 35.4 Å². The van der Waals surface area contributed by atoms with Crippen LogP contribution in [0.25, 0.3) is 0 Å². The third-order valence-corrected chi connectivity index (χ3v) is 5.90. The number of thiazole rings is 1. The molecule has 2 aromatic rings. The second-order valence-corrected chi connectivity index (χ2v) is 8.04. The van der Waals surface area contributed by atoms with Gasteiger partial charge in [-0.1, -0.05) is 22.9 Å². The number of benzene rings is 1. The number of amides is 2. The molecule has 0 radical (unpaired) electrons. The molecule has 1 aliphatic heterocycles. The van der Waals surface area contributed by atoms with E-state index in [2.05, 4.69) is 10.3 Å². The zero-order valence-electron chi connectivity index (χ0n) is 14.1. The SMILES string of the molecule is O=C(Nc1nc2c(s1)CN(C(=O)c1ccc(Cl)c([N+](=O)[O-])c1)CC2)C1CC1. The predicted octanol–water partition coefficient (Wildman–Crippen LogP) is 3.25. The lowest BCUT2D eigenvalue weighted by Crippen LogP contribution is -2.35. The minimum absolute atomic E-state index is 0.00232. The highest BCUT2D eigenvalue weighted by Crippen LogP contribution is 2.33. The molecule has 10 heteroatoms.